The third-order valence-corrected chi connectivity index (χ3v) is 4.82. The molecule has 0 fully saturated rings. The quantitative estimate of drug-likeness (QED) is 0.557. The summed E-state index contributed by atoms with van der Waals surface area (Å²) in [4.78, 5) is 16.9. The number of carbonyl (C=O) groups excluding carboxylic acids is 1. The molecule has 4 rings (SSSR count). The van der Waals surface area contributed by atoms with E-state index in [4.69, 9.17) is 5.26 Å². The van der Waals surface area contributed by atoms with E-state index in [9.17, 15) is 4.79 Å². The number of amides is 1. The fraction of sp³-hybridized carbons (Fsp3) is 0. The number of carbonyl (C=O) groups is 1. The van der Waals surface area contributed by atoms with Crippen molar-refractivity contribution in [3.05, 3.63) is 83.2 Å². The molecule has 0 aliphatic carbocycles. The summed E-state index contributed by atoms with van der Waals surface area (Å²) in [5.74, 6) is -0.242. The molecule has 0 aliphatic heterocycles. The molecule has 0 bridgehead atoms. The van der Waals surface area contributed by atoms with Crippen molar-refractivity contribution >= 4 is 33.1 Å². The topological polar surface area (TPSA) is 65.8 Å². The fourth-order valence-electron chi connectivity index (χ4n) is 2.77. The molecule has 4 aromatic rings. The molecule has 1 aromatic heterocycles. The summed E-state index contributed by atoms with van der Waals surface area (Å²) in [6, 6.07) is 22.8. The van der Waals surface area contributed by atoms with Gasteiger partial charge in [-0.2, -0.15) is 5.26 Å². The monoisotopic (exact) mass is 355 g/mol. The summed E-state index contributed by atoms with van der Waals surface area (Å²) in [6.07, 6.45) is 0. The highest BCUT2D eigenvalue weighted by atomic mass is 32.1. The van der Waals surface area contributed by atoms with Crippen molar-refractivity contribution in [3.63, 3.8) is 0 Å². The number of fused-ring (bicyclic) bond motifs is 1. The number of aromatic nitrogens is 1. The van der Waals surface area contributed by atoms with E-state index in [2.05, 4.69) is 28.5 Å². The first-order valence-electron chi connectivity index (χ1n) is 8.00. The summed E-state index contributed by atoms with van der Waals surface area (Å²) in [5.41, 5.74) is 2.89. The first-order valence-corrected chi connectivity index (χ1v) is 8.88. The first-order chi connectivity index (χ1) is 12.7. The van der Waals surface area contributed by atoms with Gasteiger partial charge >= 0.3 is 0 Å². The number of nitriles is 1. The van der Waals surface area contributed by atoms with Crippen LogP contribution in [0.25, 0.3) is 22.0 Å². The molecular weight excluding hydrogens is 342 g/mol. The largest absolute Gasteiger partial charge is 0.298 e. The van der Waals surface area contributed by atoms with E-state index in [-0.39, 0.29) is 5.91 Å². The van der Waals surface area contributed by atoms with Gasteiger partial charge in [0.1, 0.15) is 0 Å². The van der Waals surface area contributed by atoms with Crippen LogP contribution in [-0.2, 0) is 0 Å². The Bertz CT molecular complexity index is 1130. The molecule has 0 unspecified atom stereocenters. The van der Waals surface area contributed by atoms with Gasteiger partial charge < -0.3 is 0 Å². The summed E-state index contributed by atoms with van der Waals surface area (Å²) < 4.78 is 0. The lowest BCUT2D eigenvalue weighted by atomic mass is 10.0. The number of nitrogens with zero attached hydrogens (tertiary/aromatic N) is 2. The summed E-state index contributed by atoms with van der Waals surface area (Å²) in [5, 5.41) is 16.4. The van der Waals surface area contributed by atoms with Crippen LogP contribution >= 0.6 is 11.3 Å². The Labute approximate surface area is 154 Å². The lowest BCUT2D eigenvalue weighted by Crippen LogP contribution is -2.11. The SMILES string of the molecule is N#Cc1ccc(C(=O)Nc2nc(-c3cccc4ccccc34)cs2)cc1. The van der Waals surface area contributed by atoms with Crippen LogP contribution in [0.4, 0.5) is 5.13 Å². The number of nitrogens with one attached hydrogen (secondary N) is 1. The van der Waals surface area contributed by atoms with Crippen molar-refractivity contribution < 1.29 is 4.79 Å². The van der Waals surface area contributed by atoms with E-state index in [1.54, 1.807) is 24.3 Å². The number of rotatable bonds is 3. The second kappa shape index (κ2) is 6.79. The van der Waals surface area contributed by atoms with Gasteiger partial charge in [-0.15, -0.1) is 11.3 Å². The molecule has 0 spiro atoms. The Balaban J connectivity index is 1.59. The molecule has 26 heavy (non-hydrogen) atoms. The van der Waals surface area contributed by atoms with Crippen molar-refractivity contribution in [2.45, 2.75) is 0 Å². The van der Waals surface area contributed by atoms with Crippen LogP contribution in [0.3, 0.4) is 0 Å². The smallest absolute Gasteiger partial charge is 0.257 e. The maximum Gasteiger partial charge on any atom is 0.257 e. The highest BCUT2D eigenvalue weighted by Crippen LogP contribution is 2.31. The summed E-state index contributed by atoms with van der Waals surface area (Å²) >= 11 is 1.39. The number of thiazole rings is 1. The van der Waals surface area contributed by atoms with Crippen LogP contribution in [0.1, 0.15) is 15.9 Å². The Hall–Kier alpha value is -3.49. The van der Waals surface area contributed by atoms with E-state index in [0.29, 0.717) is 16.3 Å². The Morgan fingerprint density at radius 1 is 1.00 bits per heavy atom. The minimum absolute atomic E-state index is 0.242. The Kier molecular flexibility index (Phi) is 4.18. The average Bonchev–Trinajstić information content (AvgIpc) is 3.15. The minimum atomic E-state index is -0.242. The van der Waals surface area contributed by atoms with Gasteiger partial charge in [0, 0.05) is 16.5 Å². The van der Waals surface area contributed by atoms with Crippen molar-refractivity contribution in [2.24, 2.45) is 0 Å². The van der Waals surface area contributed by atoms with Crippen LogP contribution in [0.2, 0.25) is 0 Å². The molecule has 1 N–H and O–H groups in total. The second-order valence-electron chi connectivity index (χ2n) is 5.71. The molecule has 0 aliphatic rings. The zero-order valence-corrected chi connectivity index (χ0v) is 14.5. The molecule has 0 saturated heterocycles. The van der Waals surface area contributed by atoms with E-state index in [1.165, 1.54) is 11.3 Å². The molecule has 1 heterocycles. The molecule has 1 amide bonds. The second-order valence-corrected chi connectivity index (χ2v) is 6.57. The number of anilines is 1. The van der Waals surface area contributed by atoms with Crippen molar-refractivity contribution in [1.29, 1.82) is 5.26 Å². The summed E-state index contributed by atoms with van der Waals surface area (Å²) in [7, 11) is 0. The Morgan fingerprint density at radius 3 is 2.58 bits per heavy atom. The van der Waals surface area contributed by atoms with E-state index < -0.39 is 0 Å². The lowest BCUT2D eigenvalue weighted by molar-refractivity contribution is 0.102. The van der Waals surface area contributed by atoms with Gasteiger partial charge in [0.2, 0.25) is 0 Å². The van der Waals surface area contributed by atoms with Crippen molar-refractivity contribution in [3.8, 4) is 17.3 Å². The Morgan fingerprint density at radius 2 is 1.77 bits per heavy atom. The van der Waals surface area contributed by atoms with Crippen LogP contribution in [0.15, 0.2) is 72.1 Å². The third-order valence-electron chi connectivity index (χ3n) is 4.07. The predicted molar refractivity (Wildman–Crippen MR) is 104 cm³/mol. The van der Waals surface area contributed by atoms with Gasteiger partial charge in [0.05, 0.1) is 17.3 Å². The molecule has 0 saturated carbocycles. The van der Waals surface area contributed by atoms with Crippen LogP contribution in [0, 0.1) is 11.3 Å². The zero-order valence-electron chi connectivity index (χ0n) is 13.6. The molecule has 0 atom stereocenters. The maximum absolute atomic E-state index is 12.3. The molecule has 5 heteroatoms. The van der Waals surface area contributed by atoms with Gasteiger partial charge in [-0.05, 0) is 35.0 Å². The van der Waals surface area contributed by atoms with Crippen molar-refractivity contribution in [1.82, 2.24) is 4.98 Å². The predicted octanol–water partition coefficient (Wildman–Crippen LogP) is 5.09. The van der Waals surface area contributed by atoms with Gasteiger partial charge in [-0.3, -0.25) is 10.1 Å². The lowest BCUT2D eigenvalue weighted by Gasteiger charge is -2.04. The van der Waals surface area contributed by atoms with Gasteiger partial charge in [0.15, 0.2) is 5.13 Å². The van der Waals surface area contributed by atoms with Gasteiger partial charge in [-0.1, -0.05) is 42.5 Å². The molecule has 4 nitrogen and oxygen atoms in total. The molecular formula is C21H13N3OS. The summed E-state index contributed by atoms with van der Waals surface area (Å²) in [6.45, 7) is 0. The minimum Gasteiger partial charge on any atom is -0.298 e. The normalized spacial score (nSPS) is 10.4. The standard InChI is InChI=1S/C21H13N3OS/c22-12-14-8-10-16(11-9-14)20(25)24-21-23-19(13-26-21)18-7-3-5-15-4-1-2-6-17(15)18/h1-11,13H,(H,23,24,25). The van der Waals surface area contributed by atoms with Gasteiger partial charge in [-0.25, -0.2) is 4.98 Å². The van der Waals surface area contributed by atoms with E-state index in [0.717, 1.165) is 22.0 Å². The number of benzene rings is 3. The maximum atomic E-state index is 12.3. The number of hydrogen-bond donors (Lipinski definition) is 1. The molecule has 0 radical (unpaired) electrons. The first kappa shape index (κ1) is 16.0. The van der Waals surface area contributed by atoms with Crippen LogP contribution in [-0.4, -0.2) is 10.9 Å². The van der Waals surface area contributed by atoms with E-state index >= 15 is 0 Å². The zero-order chi connectivity index (χ0) is 17.9. The van der Waals surface area contributed by atoms with Crippen molar-refractivity contribution in [2.75, 3.05) is 5.32 Å². The van der Waals surface area contributed by atoms with Gasteiger partial charge in [0.25, 0.3) is 5.91 Å². The highest BCUT2D eigenvalue weighted by molar-refractivity contribution is 7.14. The molecule has 3 aromatic carbocycles. The van der Waals surface area contributed by atoms with E-state index in [1.807, 2.05) is 35.7 Å². The van der Waals surface area contributed by atoms with Crippen LogP contribution in [0.5, 0.6) is 0 Å². The fourth-order valence-corrected chi connectivity index (χ4v) is 3.47. The average molecular weight is 355 g/mol. The third kappa shape index (κ3) is 3.06. The molecule has 124 valence electrons. The number of hydrogen-bond acceptors (Lipinski definition) is 4. The van der Waals surface area contributed by atoms with Crippen LogP contribution < -0.4 is 5.32 Å². The highest BCUT2D eigenvalue weighted by Gasteiger charge is 2.11.